The van der Waals surface area contributed by atoms with Gasteiger partial charge in [0, 0.05) is 5.56 Å². The molecule has 1 heterocycles. The van der Waals surface area contributed by atoms with Crippen LogP contribution >= 0.6 is 0 Å². The van der Waals surface area contributed by atoms with Crippen LogP contribution in [0.15, 0.2) is 54.6 Å². The Morgan fingerprint density at radius 1 is 0.962 bits per heavy atom. The van der Waals surface area contributed by atoms with Crippen molar-refractivity contribution in [2.45, 2.75) is 12.6 Å². The molecule has 0 radical (unpaired) electrons. The van der Waals surface area contributed by atoms with Gasteiger partial charge in [0.2, 0.25) is 0 Å². The molecule has 0 saturated heterocycles. The summed E-state index contributed by atoms with van der Waals surface area (Å²) in [5.41, 5.74) is -1.36. The molecule has 0 aliphatic heterocycles. The molecular formula is C18H10F5N3. The molecule has 0 amide bonds. The van der Waals surface area contributed by atoms with Crippen molar-refractivity contribution in [3.05, 3.63) is 71.4 Å². The van der Waals surface area contributed by atoms with Crippen LogP contribution in [0.25, 0.3) is 16.9 Å². The van der Waals surface area contributed by atoms with E-state index in [-0.39, 0.29) is 16.8 Å². The molecule has 0 aliphatic rings. The smallest absolute Gasteiger partial charge is 0.231 e. The Morgan fingerprint density at radius 3 is 2.08 bits per heavy atom. The number of halogens is 5. The first kappa shape index (κ1) is 17.6. The quantitative estimate of drug-likeness (QED) is 0.587. The number of hydrogen-bond acceptors (Lipinski definition) is 2. The lowest BCUT2D eigenvalue weighted by molar-refractivity contribution is -0.137. The number of hydrogen-bond donors (Lipinski definition) is 0. The van der Waals surface area contributed by atoms with E-state index >= 15 is 0 Å². The van der Waals surface area contributed by atoms with E-state index in [0.29, 0.717) is 5.69 Å². The number of benzene rings is 2. The summed E-state index contributed by atoms with van der Waals surface area (Å²) >= 11 is 0. The SMILES string of the molecule is N#Cc1c(C(F)F)nn(-c2ccccc2)c1-c1ccc(C(F)(F)F)cc1. The van der Waals surface area contributed by atoms with E-state index < -0.39 is 23.9 Å². The van der Waals surface area contributed by atoms with E-state index in [9.17, 15) is 27.2 Å². The first-order valence-corrected chi connectivity index (χ1v) is 7.37. The van der Waals surface area contributed by atoms with Gasteiger partial charge in [-0.15, -0.1) is 0 Å². The van der Waals surface area contributed by atoms with Crippen LogP contribution in [-0.2, 0) is 6.18 Å². The van der Waals surface area contributed by atoms with Gasteiger partial charge < -0.3 is 0 Å². The van der Waals surface area contributed by atoms with Crippen LogP contribution in [0, 0.1) is 11.3 Å². The maximum atomic E-state index is 13.3. The third-order valence-corrected chi connectivity index (χ3v) is 3.72. The summed E-state index contributed by atoms with van der Waals surface area (Å²) in [5, 5.41) is 13.2. The largest absolute Gasteiger partial charge is 0.416 e. The summed E-state index contributed by atoms with van der Waals surface area (Å²) in [4.78, 5) is 0. The van der Waals surface area contributed by atoms with E-state index in [1.807, 2.05) is 0 Å². The molecule has 0 spiro atoms. The second-order valence-corrected chi connectivity index (χ2v) is 5.34. The minimum atomic E-state index is -4.52. The zero-order valence-corrected chi connectivity index (χ0v) is 13.0. The van der Waals surface area contributed by atoms with E-state index in [1.54, 1.807) is 36.4 Å². The molecule has 0 N–H and O–H groups in total. The Labute approximate surface area is 144 Å². The van der Waals surface area contributed by atoms with Crippen molar-refractivity contribution < 1.29 is 22.0 Å². The highest BCUT2D eigenvalue weighted by Gasteiger charge is 2.31. The van der Waals surface area contributed by atoms with Crippen molar-refractivity contribution in [2.24, 2.45) is 0 Å². The minimum Gasteiger partial charge on any atom is -0.231 e. The van der Waals surface area contributed by atoms with Crippen molar-refractivity contribution in [2.75, 3.05) is 0 Å². The van der Waals surface area contributed by atoms with Crippen LogP contribution < -0.4 is 0 Å². The molecule has 0 atom stereocenters. The number of rotatable bonds is 3. The van der Waals surface area contributed by atoms with Crippen LogP contribution in [-0.4, -0.2) is 9.78 Å². The Bertz CT molecular complexity index is 951. The predicted octanol–water partition coefficient (Wildman–Crippen LogP) is 5.37. The third-order valence-electron chi connectivity index (χ3n) is 3.72. The Balaban J connectivity index is 2.24. The van der Waals surface area contributed by atoms with Crippen LogP contribution in [0.5, 0.6) is 0 Å². The molecule has 3 aromatic rings. The molecular weight excluding hydrogens is 353 g/mol. The standard InChI is InChI=1S/C18H10F5N3/c19-17(20)15-14(10-24)16(26(25-15)13-4-2-1-3-5-13)11-6-8-12(9-7-11)18(21,22)23/h1-9,17H. The summed E-state index contributed by atoms with van der Waals surface area (Å²) in [5.74, 6) is 0. The average molecular weight is 363 g/mol. The molecule has 3 nitrogen and oxygen atoms in total. The molecule has 3 rings (SSSR count). The summed E-state index contributed by atoms with van der Waals surface area (Å²) in [6, 6.07) is 13.8. The molecule has 8 heteroatoms. The van der Waals surface area contributed by atoms with Crippen molar-refractivity contribution in [3.8, 4) is 23.0 Å². The molecule has 0 unspecified atom stereocenters. The average Bonchev–Trinajstić information content (AvgIpc) is 3.01. The molecule has 0 saturated carbocycles. The lowest BCUT2D eigenvalue weighted by Gasteiger charge is -2.10. The van der Waals surface area contributed by atoms with Crippen LogP contribution in [0.1, 0.15) is 23.2 Å². The van der Waals surface area contributed by atoms with Crippen molar-refractivity contribution >= 4 is 0 Å². The Morgan fingerprint density at radius 2 is 1.58 bits per heavy atom. The van der Waals surface area contributed by atoms with Crippen LogP contribution in [0.3, 0.4) is 0 Å². The monoisotopic (exact) mass is 363 g/mol. The summed E-state index contributed by atoms with van der Waals surface area (Å²) in [6.45, 7) is 0. The Kier molecular flexibility index (Phi) is 4.47. The second-order valence-electron chi connectivity index (χ2n) is 5.34. The summed E-state index contributed by atoms with van der Waals surface area (Å²) in [7, 11) is 0. The number of alkyl halides is 5. The molecule has 26 heavy (non-hydrogen) atoms. The molecule has 0 aliphatic carbocycles. The van der Waals surface area contributed by atoms with Crippen molar-refractivity contribution in [1.82, 2.24) is 9.78 Å². The molecule has 2 aromatic carbocycles. The normalized spacial score (nSPS) is 11.6. The Hall–Kier alpha value is -3.21. The highest BCUT2D eigenvalue weighted by Crippen LogP contribution is 2.35. The fraction of sp³-hybridized carbons (Fsp3) is 0.111. The lowest BCUT2D eigenvalue weighted by atomic mass is 10.0. The summed E-state index contributed by atoms with van der Waals surface area (Å²) in [6.07, 6.45) is -7.52. The van der Waals surface area contributed by atoms with Gasteiger partial charge in [-0.25, -0.2) is 13.5 Å². The van der Waals surface area contributed by atoms with E-state index in [4.69, 9.17) is 0 Å². The van der Waals surface area contributed by atoms with Crippen molar-refractivity contribution in [1.29, 1.82) is 5.26 Å². The molecule has 0 fully saturated rings. The van der Waals surface area contributed by atoms with E-state index in [2.05, 4.69) is 5.10 Å². The zero-order chi connectivity index (χ0) is 18.9. The predicted molar refractivity (Wildman–Crippen MR) is 83.7 cm³/mol. The zero-order valence-electron chi connectivity index (χ0n) is 13.0. The maximum Gasteiger partial charge on any atom is 0.416 e. The first-order chi connectivity index (χ1) is 12.3. The fourth-order valence-corrected chi connectivity index (χ4v) is 2.54. The fourth-order valence-electron chi connectivity index (χ4n) is 2.54. The minimum absolute atomic E-state index is 0.0164. The number of nitrogens with zero attached hydrogens (tertiary/aromatic N) is 3. The van der Waals surface area contributed by atoms with E-state index in [1.165, 1.54) is 0 Å². The third kappa shape index (κ3) is 3.16. The van der Waals surface area contributed by atoms with Crippen molar-refractivity contribution in [3.63, 3.8) is 0 Å². The molecule has 1 aromatic heterocycles. The molecule has 132 valence electrons. The number of aromatic nitrogens is 2. The number of nitriles is 1. The van der Waals surface area contributed by atoms with Gasteiger partial charge in [-0.2, -0.15) is 23.5 Å². The maximum absolute atomic E-state index is 13.3. The summed E-state index contributed by atoms with van der Waals surface area (Å²) < 4.78 is 66.0. The van der Waals surface area contributed by atoms with Gasteiger partial charge in [-0.3, -0.25) is 0 Å². The highest BCUT2D eigenvalue weighted by atomic mass is 19.4. The number of para-hydroxylation sites is 1. The van der Waals surface area contributed by atoms with E-state index in [0.717, 1.165) is 28.9 Å². The van der Waals surface area contributed by atoms with Crippen LogP contribution in [0.4, 0.5) is 22.0 Å². The van der Waals surface area contributed by atoms with Gasteiger partial charge in [-0.1, -0.05) is 30.3 Å². The van der Waals surface area contributed by atoms with Gasteiger partial charge in [0.15, 0.2) is 0 Å². The second kappa shape index (κ2) is 6.59. The molecule has 0 bridgehead atoms. The van der Waals surface area contributed by atoms with Crippen LogP contribution in [0.2, 0.25) is 0 Å². The van der Waals surface area contributed by atoms with Gasteiger partial charge in [0.1, 0.15) is 17.3 Å². The van der Waals surface area contributed by atoms with Gasteiger partial charge in [0.25, 0.3) is 6.43 Å². The van der Waals surface area contributed by atoms with Gasteiger partial charge >= 0.3 is 6.18 Å². The highest BCUT2D eigenvalue weighted by molar-refractivity contribution is 5.71. The van der Waals surface area contributed by atoms with Gasteiger partial charge in [0.05, 0.1) is 16.9 Å². The van der Waals surface area contributed by atoms with Gasteiger partial charge in [-0.05, 0) is 24.3 Å². The topological polar surface area (TPSA) is 41.6 Å². The lowest BCUT2D eigenvalue weighted by Crippen LogP contribution is -2.05. The first-order valence-electron chi connectivity index (χ1n) is 7.37.